The quantitative estimate of drug-likeness (QED) is 0.787. The minimum atomic E-state index is -0.753. The minimum Gasteiger partial charge on any atom is -0.293 e. The molecule has 21 heavy (non-hydrogen) atoms. The van der Waals surface area contributed by atoms with Crippen molar-refractivity contribution >= 4 is 5.78 Å². The molecule has 0 aromatic heterocycles. The van der Waals surface area contributed by atoms with Gasteiger partial charge >= 0.3 is 0 Å². The second kappa shape index (κ2) is 6.22. The molecule has 3 rings (SSSR count). The van der Waals surface area contributed by atoms with Gasteiger partial charge in [-0.25, -0.2) is 8.78 Å². The van der Waals surface area contributed by atoms with Gasteiger partial charge in [0.25, 0.3) is 0 Å². The van der Waals surface area contributed by atoms with Crippen LogP contribution < -0.4 is 0 Å². The predicted octanol–water partition coefficient (Wildman–Crippen LogP) is 3.80. The molecule has 2 fully saturated rings. The summed E-state index contributed by atoms with van der Waals surface area (Å²) in [6, 6.07) is 4.01. The van der Waals surface area contributed by atoms with Gasteiger partial charge < -0.3 is 0 Å². The van der Waals surface area contributed by atoms with Crippen molar-refractivity contribution in [2.45, 2.75) is 44.6 Å². The Balaban J connectivity index is 1.71. The van der Waals surface area contributed by atoms with Crippen molar-refractivity contribution in [3.8, 4) is 0 Å². The number of carbonyl (C=O) groups is 1. The van der Waals surface area contributed by atoms with E-state index in [-0.39, 0.29) is 12.1 Å². The van der Waals surface area contributed by atoms with Crippen LogP contribution in [0.25, 0.3) is 0 Å². The summed E-state index contributed by atoms with van der Waals surface area (Å²) in [7, 11) is 0. The lowest BCUT2D eigenvalue weighted by Crippen LogP contribution is -2.38. The minimum absolute atomic E-state index is 0.138. The Morgan fingerprint density at radius 1 is 1.10 bits per heavy atom. The van der Waals surface area contributed by atoms with Crippen LogP contribution in [0.2, 0.25) is 0 Å². The summed E-state index contributed by atoms with van der Waals surface area (Å²) in [5, 5.41) is 0. The normalized spacial score (nSPS) is 23.8. The molecule has 114 valence electrons. The van der Waals surface area contributed by atoms with Gasteiger partial charge in [-0.05, 0) is 50.3 Å². The van der Waals surface area contributed by atoms with Crippen LogP contribution in [-0.2, 0) is 0 Å². The van der Waals surface area contributed by atoms with E-state index < -0.39 is 17.4 Å². The van der Waals surface area contributed by atoms with E-state index in [0.29, 0.717) is 12.0 Å². The van der Waals surface area contributed by atoms with Crippen molar-refractivity contribution in [1.29, 1.82) is 0 Å². The van der Waals surface area contributed by atoms with Crippen molar-refractivity contribution in [2.24, 2.45) is 5.92 Å². The molecule has 1 aliphatic heterocycles. The predicted molar refractivity (Wildman–Crippen MR) is 77.2 cm³/mol. The number of benzene rings is 1. The first-order valence-electron chi connectivity index (χ1n) is 7.88. The maximum atomic E-state index is 13.7. The van der Waals surface area contributed by atoms with Crippen LogP contribution in [-0.4, -0.2) is 29.8 Å². The number of nitrogens with zero attached hydrogens (tertiary/aromatic N) is 1. The maximum Gasteiger partial charge on any atom is 0.182 e. The van der Waals surface area contributed by atoms with Crippen molar-refractivity contribution in [3.63, 3.8) is 0 Å². The van der Waals surface area contributed by atoms with Crippen molar-refractivity contribution in [3.05, 3.63) is 35.4 Å². The summed E-state index contributed by atoms with van der Waals surface area (Å²) >= 11 is 0. The van der Waals surface area contributed by atoms with E-state index in [0.717, 1.165) is 31.5 Å². The summed E-state index contributed by atoms with van der Waals surface area (Å²) < 4.78 is 27.4. The van der Waals surface area contributed by atoms with Gasteiger partial charge in [-0.3, -0.25) is 9.69 Å². The first kappa shape index (κ1) is 14.6. The second-order valence-electron chi connectivity index (χ2n) is 6.24. The highest BCUT2D eigenvalue weighted by Gasteiger charge is 2.34. The number of ketones is 1. The monoisotopic (exact) mass is 293 g/mol. The van der Waals surface area contributed by atoms with E-state index in [1.165, 1.54) is 31.7 Å². The highest BCUT2D eigenvalue weighted by Crippen LogP contribution is 2.35. The molecule has 0 bridgehead atoms. The van der Waals surface area contributed by atoms with E-state index in [4.69, 9.17) is 0 Å². The van der Waals surface area contributed by atoms with Gasteiger partial charge in [0.05, 0.1) is 12.1 Å². The average Bonchev–Trinajstić information content (AvgIpc) is 3.08. The Labute approximate surface area is 124 Å². The molecule has 1 saturated heterocycles. The molecule has 1 aromatic carbocycles. The lowest BCUT2D eigenvalue weighted by Gasteiger charge is -2.28. The molecule has 1 unspecified atom stereocenters. The zero-order chi connectivity index (χ0) is 14.8. The highest BCUT2D eigenvalue weighted by atomic mass is 19.1. The number of hydrogen-bond donors (Lipinski definition) is 0. The van der Waals surface area contributed by atoms with Gasteiger partial charge in [0, 0.05) is 6.04 Å². The first-order valence-corrected chi connectivity index (χ1v) is 7.88. The molecule has 0 spiro atoms. The van der Waals surface area contributed by atoms with Crippen LogP contribution in [0.5, 0.6) is 0 Å². The number of likely N-dealkylation sites (tertiary alicyclic amines) is 1. The molecule has 1 atom stereocenters. The topological polar surface area (TPSA) is 20.3 Å². The Hall–Kier alpha value is -1.29. The Morgan fingerprint density at radius 3 is 2.43 bits per heavy atom. The van der Waals surface area contributed by atoms with Crippen molar-refractivity contribution < 1.29 is 13.6 Å². The third-order valence-electron chi connectivity index (χ3n) is 4.95. The van der Waals surface area contributed by atoms with Gasteiger partial charge in [-0.1, -0.05) is 18.9 Å². The van der Waals surface area contributed by atoms with E-state index in [9.17, 15) is 13.6 Å². The standard InChI is InChI=1S/C17H21F2NO/c18-13-7-3-8-14(19)17(13)16(21)11-20-10-4-9-15(20)12-5-1-2-6-12/h3,7-8,12,15H,1-2,4-6,9-11H2. The van der Waals surface area contributed by atoms with Crippen LogP contribution in [0.15, 0.2) is 18.2 Å². The number of carbonyl (C=O) groups excluding carboxylic acids is 1. The fourth-order valence-corrected chi connectivity index (χ4v) is 3.95. The van der Waals surface area contributed by atoms with Crippen molar-refractivity contribution in [1.82, 2.24) is 4.90 Å². The molecule has 2 nitrogen and oxygen atoms in total. The molecule has 0 amide bonds. The zero-order valence-electron chi connectivity index (χ0n) is 12.2. The van der Waals surface area contributed by atoms with Crippen LogP contribution in [0.3, 0.4) is 0 Å². The van der Waals surface area contributed by atoms with E-state index >= 15 is 0 Å². The van der Waals surface area contributed by atoms with E-state index in [1.807, 2.05) is 0 Å². The molecule has 4 heteroatoms. The van der Waals surface area contributed by atoms with Crippen LogP contribution in [0.1, 0.15) is 48.9 Å². The Morgan fingerprint density at radius 2 is 1.76 bits per heavy atom. The van der Waals surface area contributed by atoms with Gasteiger partial charge in [0.15, 0.2) is 5.78 Å². The number of halogens is 2. The van der Waals surface area contributed by atoms with Crippen LogP contribution >= 0.6 is 0 Å². The van der Waals surface area contributed by atoms with Crippen LogP contribution in [0, 0.1) is 17.6 Å². The first-order chi connectivity index (χ1) is 10.2. The number of hydrogen-bond acceptors (Lipinski definition) is 2. The maximum absolute atomic E-state index is 13.7. The summed E-state index contributed by atoms with van der Waals surface area (Å²) in [5.74, 6) is -1.28. The Kier molecular flexibility index (Phi) is 4.34. The third kappa shape index (κ3) is 3.00. The molecular weight excluding hydrogens is 272 g/mol. The van der Waals surface area contributed by atoms with Crippen molar-refractivity contribution in [2.75, 3.05) is 13.1 Å². The largest absolute Gasteiger partial charge is 0.293 e. The molecular formula is C17H21F2NO. The molecule has 2 aliphatic rings. The fraction of sp³-hybridized carbons (Fsp3) is 0.588. The van der Waals surface area contributed by atoms with Gasteiger partial charge in [-0.15, -0.1) is 0 Å². The van der Waals surface area contributed by atoms with E-state index in [2.05, 4.69) is 4.90 Å². The molecule has 0 N–H and O–H groups in total. The molecule has 1 aliphatic carbocycles. The lowest BCUT2D eigenvalue weighted by molar-refractivity contribution is 0.0887. The van der Waals surface area contributed by atoms with Gasteiger partial charge in [0.1, 0.15) is 11.6 Å². The fourth-order valence-electron chi connectivity index (χ4n) is 3.95. The average molecular weight is 293 g/mol. The second-order valence-corrected chi connectivity index (χ2v) is 6.24. The summed E-state index contributed by atoms with van der Waals surface area (Å²) in [5.41, 5.74) is -0.380. The SMILES string of the molecule is O=C(CN1CCCC1C1CCCC1)c1c(F)cccc1F. The lowest BCUT2D eigenvalue weighted by atomic mass is 9.95. The molecule has 1 saturated carbocycles. The van der Waals surface area contributed by atoms with Gasteiger partial charge in [0.2, 0.25) is 0 Å². The smallest absolute Gasteiger partial charge is 0.182 e. The molecule has 1 heterocycles. The Bertz CT molecular complexity index is 505. The molecule has 1 aromatic rings. The number of Topliss-reactive ketones (excluding diaryl/α,β-unsaturated/α-hetero) is 1. The third-order valence-corrected chi connectivity index (χ3v) is 4.95. The van der Waals surface area contributed by atoms with Gasteiger partial charge in [-0.2, -0.15) is 0 Å². The summed E-state index contributed by atoms with van der Waals surface area (Å²) in [4.78, 5) is 14.4. The highest BCUT2D eigenvalue weighted by molar-refractivity contribution is 5.98. The van der Waals surface area contributed by atoms with E-state index in [1.54, 1.807) is 0 Å². The molecule has 0 radical (unpaired) electrons. The summed E-state index contributed by atoms with van der Waals surface area (Å²) in [6.45, 7) is 1.00. The zero-order valence-corrected chi connectivity index (χ0v) is 12.2. The van der Waals surface area contributed by atoms with Crippen LogP contribution in [0.4, 0.5) is 8.78 Å². The summed E-state index contributed by atoms with van der Waals surface area (Å²) in [6.07, 6.45) is 7.18. The number of rotatable bonds is 4.